The van der Waals surface area contributed by atoms with Crippen LogP contribution in [0.2, 0.25) is 0 Å². The average Bonchev–Trinajstić information content (AvgIpc) is 3.43. The van der Waals surface area contributed by atoms with Gasteiger partial charge in [0.25, 0.3) is 0 Å². The number of nitrogens with two attached hydrogens (primary N) is 1. The molecule has 0 aliphatic carbocycles. The van der Waals surface area contributed by atoms with E-state index in [2.05, 4.69) is 263 Å². The maximum atomic E-state index is 14.2. The molecule has 4 aromatic carbocycles. The molecule has 85 heavy (non-hydrogen) atoms. The normalized spacial score (nSPS) is 13.8. The molecule has 0 spiro atoms. The van der Waals surface area contributed by atoms with Crippen LogP contribution in [0.15, 0.2) is 97.1 Å². The van der Waals surface area contributed by atoms with E-state index in [0.717, 1.165) is 67.0 Å². The van der Waals surface area contributed by atoms with Crippen molar-refractivity contribution < 1.29 is 24.4 Å². The fourth-order valence-electron chi connectivity index (χ4n) is 11.2. The van der Waals surface area contributed by atoms with Gasteiger partial charge in [0.2, 0.25) is 0 Å². The minimum atomic E-state index is -0.356. The molecular formula is C76H92N6O2Zn. The topological polar surface area (TPSA) is 123 Å². The van der Waals surface area contributed by atoms with Crippen molar-refractivity contribution in [3.05, 3.63) is 174 Å². The van der Waals surface area contributed by atoms with Crippen LogP contribution in [0.25, 0.3) is 90.1 Å². The van der Waals surface area contributed by atoms with E-state index < -0.39 is 0 Å². The number of benzene rings is 4. The summed E-state index contributed by atoms with van der Waals surface area (Å²) in [5, 5.41) is 14.2. The maximum Gasteiger partial charge on any atom is 2.00 e. The number of aromatic nitrogens is 4. The minimum Gasteiger partial charge on any atom is -0.657 e. The summed E-state index contributed by atoms with van der Waals surface area (Å²) in [6.45, 7) is 53.6. The number of hydrogen-bond acceptors (Lipinski definition) is 5. The molecule has 0 radical (unpaired) electrons. The summed E-state index contributed by atoms with van der Waals surface area (Å²) in [6.07, 6.45) is 4.27. The van der Waals surface area contributed by atoms with E-state index in [4.69, 9.17) is 25.7 Å². The van der Waals surface area contributed by atoms with Gasteiger partial charge in [-0.2, -0.15) is 0 Å². The zero-order chi connectivity index (χ0) is 62.1. The van der Waals surface area contributed by atoms with Crippen LogP contribution >= 0.6 is 0 Å². The van der Waals surface area contributed by atoms with Gasteiger partial charge in [-0.15, -0.1) is 22.1 Å². The monoisotopic (exact) mass is 1180 g/mol. The number of fused-ring (bicyclic) bond motifs is 8. The molecule has 0 saturated carbocycles. The van der Waals surface area contributed by atoms with Crippen molar-refractivity contribution in [3.63, 3.8) is 0 Å². The molecule has 8 bridgehead atoms. The molecule has 2 N–H and O–H groups in total. The van der Waals surface area contributed by atoms with Crippen molar-refractivity contribution in [2.45, 2.75) is 209 Å². The van der Waals surface area contributed by atoms with Gasteiger partial charge in [0.05, 0.1) is 16.3 Å². The van der Waals surface area contributed by atoms with Gasteiger partial charge in [-0.25, -0.2) is 9.97 Å². The van der Waals surface area contributed by atoms with Gasteiger partial charge in [-0.3, -0.25) is 10.1 Å². The van der Waals surface area contributed by atoms with E-state index in [1.165, 1.54) is 22.3 Å². The first kappa shape index (κ1) is 64.3. The SMILES string of the molecule is CC(C)(C)c1cc(-c2c3nc(c(-c4cc(C(C)(C)C)cc(C(C)(C)C)c4)c4ccc([n-]4)c(-c4cc(C(C)(C)C)cc(C(C)(C)C)c4)c4nc(c(-c5cc(C(C)(C)C)cc(C(C)(C)C)c5)c5ccc2[n-]5)C(N)=C4[N+](=O)[O-])C=C3)cc(C(C)(C)C)c1.[Zn+2]. The van der Waals surface area contributed by atoms with Gasteiger partial charge >= 0.3 is 25.2 Å². The second-order valence-electron chi connectivity index (χ2n) is 32.2. The summed E-state index contributed by atoms with van der Waals surface area (Å²) in [7, 11) is 0. The van der Waals surface area contributed by atoms with Crippen molar-refractivity contribution >= 4 is 45.6 Å². The van der Waals surface area contributed by atoms with E-state index >= 15 is 0 Å². The van der Waals surface area contributed by atoms with Gasteiger partial charge in [0, 0.05) is 0 Å². The number of rotatable bonds is 5. The largest absolute Gasteiger partial charge is 2.00 e. The van der Waals surface area contributed by atoms with E-state index in [1.807, 2.05) is 12.1 Å². The Kier molecular flexibility index (Phi) is 16.4. The first-order valence-corrected chi connectivity index (χ1v) is 30.1. The minimum absolute atomic E-state index is 0. The Hall–Kier alpha value is -6.70. The van der Waals surface area contributed by atoms with Crippen molar-refractivity contribution in [2.75, 3.05) is 0 Å². The van der Waals surface area contributed by atoms with Crippen LogP contribution in [-0.4, -0.2) is 14.9 Å². The second kappa shape index (κ2) is 21.6. The summed E-state index contributed by atoms with van der Waals surface area (Å²) in [5.74, 6) is 0. The van der Waals surface area contributed by atoms with E-state index in [-0.39, 0.29) is 90.5 Å². The van der Waals surface area contributed by atoms with Gasteiger partial charge < -0.3 is 15.7 Å². The van der Waals surface area contributed by atoms with E-state index in [0.29, 0.717) is 33.2 Å². The second-order valence-corrected chi connectivity index (χ2v) is 32.2. The zero-order valence-corrected chi connectivity index (χ0v) is 58.7. The third-order valence-electron chi connectivity index (χ3n) is 16.9. The summed E-state index contributed by atoms with van der Waals surface area (Å²) < 4.78 is 0. The first-order chi connectivity index (χ1) is 38.4. The molecule has 440 valence electrons. The van der Waals surface area contributed by atoms with Crippen molar-refractivity contribution in [3.8, 4) is 44.5 Å². The molecule has 0 unspecified atom stereocenters. The number of nitrogens with zero attached hydrogens (tertiary/aromatic N) is 5. The summed E-state index contributed by atoms with van der Waals surface area (Å²) >= 11 is 0. The van der Waals surface area contributed by atoms with Gasteiger partial charge in [-0.1, -0.05) is 263 Å². The van der Waals surface area contributed by atoms with Crippen LogP contribution in [0.4, 0.5) is 0 Å². The van der Waals surface area contributed by atoms with Crippen LogP contribution in [0.5, 0.6) is 0 Å². The van der Waals surface area contributed by atoms with Crippen molar-refractivity contribution in [1.82, 2.24) is 19.9 Å². The molecule has 9 rings (SSSR count). The zero-order valence-electron chi connectivity index (χ0n) is 55.7. The summed E-state index contributed by atoms with van der Waals surface area (Å²) in [6, 6.07) is 35.3. The van der Waals surface area contributed by atoms with Gasteiger partial charge in [0.1, 0.15) is 11.4 Å². The molecule has 0 saturated heterocycles. The fraction of sp³-hybridized carbons (Fsp3) is 0.421. The fourth-order valence-corrected chi connectivity index (χ4v) is 11.2. The van der Waals surface area contributed by atoms with Crippen LogP contribution in [-0.2, 0) is 62.8 Å². The van der Waals surface area contributed by atoms with Gasteiger partial charge in [0.15, 0.2) is 5.69 Å². The molecule has 9 heteroatoms. The predicted octanol–water partition coefficient (Wildman–Crippen LogP) is 19.9. The third-order valence-corrected chi connectivity index (χ3v) is 16.9. The standard InChI is InChI=1S/C76H92N6O2.Zn/c1-69(2,3)47-31-43(32-48(39-47)70(4,5)6)61-55-25-26-56(78-55)62(44-33-49(71(7,8)9)40-50(34-44)72(10,11)12)58-28-30-60(80-58)64(46-37-53(75(19,20)21)42-54(38-46)76(22,23)24)67-68(82(83)84)65(77)66(81-67)63(59-29-27-57(61)79-59)45-35-51(73(13,14)15)41-52(36-45)74(16,17)18;/h25-42H,77H2,1-24H3;/q-2;+2. The molecular weight excluding hydrogens is 1090 g/mol. The molecule has 5 heterocycles. The molecule has 0 atom stereocenters. The molecule has 0 amide bonds. The maximum absolute atomic E-state index is 14.2. The Morgan fingerprint density at radius 3 is 0.812 bits per heavy atom. The Labute approximate surface area is 521 Å². The predicted molar refractivity (Wildman–Crippen MR) is 357 cm³/mol. The molecule has 3 aromatic heterocycles. The van der Waals surface area contributed by atoms with E-state index in [1.54, 1.807) is 0 Å². The average molecular weight is 1190 g/mol. The Morgan fingerprint density at radius 2 is 0.576 bits per heavy atom. The molecule has 2 aliphatic heterocycles. The van der Waals surface area contributed by atoms with Crippen molar-refractivity contribution in [1.29, 1.82) is 0 Å². The van der Waals surface area contributed by atoms with Crippen LogP contribution in [0, 0.1) is 10.1 Å². The Balaban J connectivity index is 0.00000940. The van der Waals surface area contributed by atoms with E-state index in [9.17, 15) is 10.1 Å². The quantitative estimate of drug-likeness (QED) is 0.103. The smallest absolute Gasteiger partial charge is 0.657 e. The summed E-state index contributed by atoms with van der Waals surface area (Å²) in [5.41, 5.74) is 25.2. The van der Waals surface area contributed by atoms with Crippen LogP contribution < -0.4 is 15.7 Å². The van der Waals surface area contributed by atoms with Crippen LogP contribution in [0.1, 0.15) is 233 Å². The molecule has 8 nitrogen and oxygen atoms in total. The number of hydrogen-bond donors (Lipinski definition) is 1. The van der Waals surface area contributed by atoms with Gasteiger partial charge in [-0.05, 0) is 144 Å². The van der Waals surface area contributed by atoms with Crippen molar-refractivity contribution in [2.24, 2.45) is 5.73 Å². The summed E-state index contributed by atoms with van der Waals surface area (Å²) in [4.78, 5) is 36.7. The Bertz CT molecular complexity index is 3940. The molecule has 7 aromatic rings. The molecule has 2 aliphatic rings. The molecule has 0 fully saturated rings. The third kappa shape index (κ3) is 12.9. The first-order valence-electron chi connectivity index (χ1n) is 30.1. The Morgan fingerprint density at radius 1 is 0.353 bits per heavy atom. The number of nitro groups is 1. The van der Waals surface area contributed by atoms with Crippen LogP contribution in [0.3, 0.4) is 0 Å².